The number of benzene rings is 2. The van der Waals surface area contributed by atoms with Gasteiger partial charge in [-0.2, -0.15) is 0 Å². The fourth-order valence-electron chi connectivity index (χ4n) is 5.46. The minimum atomic E-state index is -0.150. The lowest BCUT2D eigenvalue weighted by atomic mass is 10.2. The van der Waals surface area contributed by atoms with Crippen molar-refractivity contribution in [1.29, 1.82) is 0 Å². The van der Waals surface area contributed by atoms with E-state index in [1.165, 1.54) is 20.9 Å². The van der Waals surface area contributed by atoms with Crippen LogP contribution in [0.1, 0.15) is 11.1 Å². The zero-order chi connectivity index (χ0) is 20.2. The highest BCUT2D eigenvalue weighted by atomic mass is 16.2. The third-order valence-corrected chi connectivity index (χ3v) is 6.70. The van der Waals surface area contributed by atoms with Gasteiger partial charge in [-0.1, -0.05) is 60.7 Å². The topological polar surface area (TPSA) is 56.0 Å². The summed E-state index contributed by atoms with van der Waals surface area (Å²) in [5.41, 5.74) is 2.44. The van der Waals surface area contributed by atoms with Crippen LogP contribution in [0.2, 0.25) is 0 Å². The van der Waals surface area contributed by atoms with Crippen molar-refractivity contribution < 1.29 is 19.4 Å². The quantitative estimate of drug-likeness (QED) is 0.695. The zero-order valence-corrected chi connectivity index (χ0v) is 16.8. The van der Waals surface area contributed by atoms with Gasteiger partial charge in [0.25, 0.3) is 0 Å². The summed E-state index contributed by atoms with van der Waals surface area (Å²) >= 11 is 0. The Bertz CT molecular complexity index is 859. The van der Waals surface area contributed by atoms with Gasteiger partial charge in [0, 0.05) is 11.1 Å². The maximum atomic E-state index is 13.3. The van der Waals surface area contributed by atoms with Gasteiger partial charge in [-0.3, -0.25) is 29.4 Å². The lowest BCUT2D eigenvalue weighted by Crippen LogP contribution is -3.16. The second kappa shape index (κ2) is 6.72. The Morgan fingerprint density at radius 2 is 0.933 bits per heavy atom. The second-order valence-electron chi connectivity index (χ2n) is 8.73. The highest BCUT2D eigenvalue weighted by Gasteiger charge is 2.65. The van der Waals surface area contributed by atoms with Crippen LogP contribution in [0.25, 0.3) is 0 Å². The number of hydrogen-bond acceptors (Lipinski definition) is 2. The Morgan fingerprint density at radius 1 is 0.600 bits per heavy atom. The number of amides is 4. The third-order valence-electron chi connectivity index (χ3n) is 6.70. The fourth-order valence-corrected chi connectivity index (χ4v) is 5.46. The lowest BCUT2D eigenvalue weighted by Gasteiger charge is -2.39. The summed E-state index contributed by atoms with van der Waals surface area (Å²) in [5, 5.41) is 0. The van der Waals surface area contributed by atoms with Gasteiger partial charge in [-0.25, -0.2) is 9.59 Å². The lowest BCUT2D eigenvalue weighted by molar-refractivity contribution is -0.940. The first-order chi connectivity index (χ1) is 14.7. The summed E-state index contributed by atoms with van der Waals surface area (Å²) in [6.45, 7) is 4.15. The molecule has 4 heterocycles. The van der Waals surface area contributed by atoms with Crippen molar-refractivity contribution in [3.8, 4) is 0 Å². The van der Waals surface area contributed by atoms with Crippen LogP contribution in [0.15, 0.2) is 60.7 Å². The highest BCUT2D eigenvalue weighted by Crippen LogP contribution is 2.35. The molecular formula is C22H26N6O2+2. The standard InChI is InChI=1S/C22H24N6O2/c29-21-25-13-23(11-17-7-3-1-4-8-17)14-26-19(25)20-27(21)15-24(16-28(20)22(26)30)12-18-9-5-2-6-10-18/h1-10,19-20H,11-16H2/p+2. The Hall–Kier alpha value is -3.10. The molecule has 30 heavy (non-hydrogen) atoms. The van der Waals surface area contributed by atoms with Crippen LogP contribution >= 0.6 is 0 Å². The Morgan fingerprint density at radius 3 is 1.27 bits per heavy atom. The Labute approximate surface area is 175 Å². The monoisotopic (exact) mass is 406 g/mol. The molecule has 6 rings (SSSR count). The molecule has 4 saturated heterocycles. The summed E-state index contributed by atoms with van der Waals surface area (Å²) in [6.07, 6.45) is -0.300. The molecule has 2 N–H and O–H groups in total. The minimum Gasteiger partial charge on any atom is -0.297 e. The van der Waals surface area contributed by atoms with Gasteiger partial charge >= 0.3 is 12.1 Å². The Balaban J connectivity index is 1.24. The van der Waals surface area contributed by atoms with E-state index in [1.54, 1.807) is 0 Å². The fraction of sp³-hybridized carbons (Fsp3) is 0.364. The summed E-state index contributed by atoms with van der Waals surface area (Å²) in [7, 11) is 0. The Kier molecular flexibility index (Phi) is 3.97. The predicted octanol–water partition coefficient (Wildman–Crippen LogP) is -0.859. The molecule has 0 aromatic heterocycles. The number of urea groups is 2. The van der Waals surface area contributed by atoms with E-state index in [9.17, 15) is 9.59 Å². The van der Waals surface area contributed by atoms with Crippen LogP contribution in [0.5, 0.6) is 0 Å². The molecule has 4 amide bonds. The average molecular weight is 406 g/mol. The molecule has 0 aliphatic carbocycles. The van der Waals surface area contributed by atoms with Crippen molar-refractivity contribution in [3.05, 3.63) is 71.8 Å². The number of rotatable bonds is 4. The predicted molar refractivity (Wildman–Crippen MR) is 107 cm³/mol. The maximum absolute atomic E-state index is 13.3. The first kappa shape index (κ1) is 17.7. The molecule has 0 spiro atoms. The van der Waals surface area contributed by atoms with Gasteiger partial charge in [0.1, 0.15) is 13.1 Å². The van der Waals surface area contributed by atoms with Crippen molar-refractivity contribution in [2.24, 2.45) is 0 Å². The number of carbonyl (C=O) groups excluding carboxylic acids is 2. The van der Waals surface area contributed by atoms with Crippen molar-refractivity contribution in [3.63, 3.8) is 0 Å². The molecule has 2 aromatic rings. The number of nitrogens with one attached hydrogen (secondary N) is 2. The molecule has 8 nitrogen and oxygen atoms in total. The second-order valence-corrected chi connectivity index (χ2v) is 8.73. The third kappa shape index (κ3) is 2.68. The van der Waals surface area contributed by atoms with E-state index in [4.69, 9.17) is 0 Å². The van der Waals surface area contributed by atoms with Crippen LogP contribution in [0.3, 0.4) is 0 Å². The molecule has 8 heteroatoms. The number of hydrogen-bond donors (Lipinski definition) is 2. The number of quaternary nitrogens is 2. The maximum Gasteiger partial charge on any atom is 0.332 e. The van der Waals surface area contributed by atoms with Crippen molar-refractivity contribution in [1.82, 2.24) is 19.6 Å². The molecule has 2 aromatic carbocycles. The van der Waals surface area contributed by atoms with E-state index >= 15 is 0 Å². The molecule has 154 valence electrons. The molecule has 0 radical (unpaired) electrons. The van der Waals surface area contributed by atoms with Crippen molar-refractivity contribution >= 4 is 12.1 Å². The van der Waals surface area contributed by atoms with Crippen molar-refractivity contribution in [2.45, 2.75) is 25.4 Å². The van der Waals surface area contributed by atoms with Gasteiger partial charge in [0.05, 0.1) is 0 Å². The van der Waals surface area contributed by atoms with Gasteiger partial charge in [0.2, 0.25) is 0 Å². The number of nitrogens with zero attached hydrogens (tertiary/aromatic N) is 4. The van der Waals surface area contributed by atoms with E-state index in [0.717, 1.165) is 13.1 Å². The molecular weight excluding hydrogens is 380 g/mol. The SMILES string of the molecule is O=C1N2C[NH+](Cc3ccccc3)CN3C(=O)N4C[NH+](Cc5ccccc5)CN1C4C23. The van der Waals surface area contributed by atoms with Gasteiger partial charge < -0.3 is 0 Å². The summed E-state index contributed by atoms with van der Waals surface area (Å²) < 4.78 is 0. The van der Waals surface area contributed by atoms with E-state index in [0.29, 0.717) is 26.7 Å². The largest absolute Gasteiger partial charge is 0.332 e. The molecule has 0 unspecified atom stereocenters. The molecule has 4 fully saturated rings. The van der Waals surface area contributed by atoms with Gasteiger partial charge in [-0.05, 0) is 0 Å². The van der Waals surface area contributed by atoms with Crippen LogP contribution in [0.4, 0.5) is 9.59 Å². The normalized spacial score (nSPS) is 29.6. The molecule has 0 saturated carbocycles. The van der Waals surface area contributed by atoms with E-state index in [2.05, 4.69) is 24.3 Å². The van der Waals surface area contributed by atoms with Crippen LogP contribution in [-0.4, -0.2) is 70.7 Å². The minimum absolute atomic E-state index is 0.0584. The average Bonchev–Trinajstić information content (AvgIpc) is 3.21. The highest BCUT2D eigenvalue weighted by molar-refractivity contribution is 5.85. The molecule has 4 aliphatic rings. The van der Waals surface area contributed by atoms with Crippen LogP contribution in [0, 0.1) is 0 Å². The first-order valence-corrected chi connectivity index (χ1v) is 10.6. The number of carbonyl (C=O) groups is 2. The van der Waals surface area contributed by atoms with Crippen LogP contribution < -0.4 is 9.80 Å². The molecule has 4 aliphatic heterocycles. The molecule has 0 bridgehead atoms. The molecule has 0 atom stereocenters. The van der Waals surface area contributed by atoms with Gasteiger partial charge in [-0.15, -0.1) is 0 Å². The van der Waals surface area contributed by atoms with Crippen molar-refractivity contribution in [2.75, 3.05) is 26.7 Å². The smallest absolute Gasteiger partial charge is 0.297 e. The van der Waals surface area contributed by atoms with Crippen LogP contribution in [-0.2, 0) is 13.1 Å². The summed E-state index contributed by atoms with van der Waals surface area (Å²) in [4.78, 5) is 36.7. The van der Waals surface area contributed by atoms with E-state index < -0.39 is 0 Å². The zero-order valence-electron chi connectivity index (χ0n) is 16.8. The van der Waals surface area contributed by atoms with E-state index in [1.807, 2.05) is 56.0 Å². The van der Waals surface area contributed by atoms with E-state index in [-0.39, 0.29) is 24.4 Å². The van der Waals surface area contributed by atoms with Gasteiger partial charge in [0.15, 0.2) is 39.0 Å². The first-order valence-electron chi connectivity index (χ1n) is 10.6. The summed E-state index contributed by atoms with van der Waals surface area (Å²) in [6, 6.07) is 20.7. The summed E-state index contributed by atoms with van der Waals surface area (Å²) in [5.74, 6) is 0.